The Morgan fingerprint density at radius 1 is 0.944 bits per heavy atom. The molecule has 0 amide bonds. The molecule has 0 aliphatic heterocycles. The van der Waals surface area contributed by atoms with Crippen molar-refractivity contribution in [1.82, 2.24) is 0 Å². The lowest BCUT2D eigenvalue weighted by Crippen LogP contribution is -2.02. The number of hydrogen-bond donors (Lipinski definition) is 1. The second-order valence-corrected chi connectivity index (χ2v) is 4.76. The third-order valence-corrected chi connectivity index (χ3v) is 3.56. The number of hydrogen-bond acceptors (Lipinski definition) is 1. The van der Waals surface area contributed by atoms with Gasteiger partial charge in [-0.15, -0.1) is 0 Å². The highest BCUT2D eigenvalue weighted by Crippen LogP contribution is 2.16. The van der Waals surface area contributed by atoms with Crippen LogP contribution in [-0.4, -0.2) is 0 Å². The molecule has 0 saturated heterocycles. The van der Waals surface area contributed by atoms with Gasteiger partial charge in [-0.3, -0.25) is 0 Å². The molecule has 0 radical (unpaired) electrons. The summed E-state index contributed by atoms with van der Waals surface area (Å²) >= 11 is 0. The fourth-order valence-electron chi connectivity index (χ4n) is 2.06. The van der Waals surface area contributed by atoms with Crippen LogP contribution in [0.2, 0.25) is 0 Å². The lowest BCUT2D eigenvalue weighted by molar-refractivity contribution is 1.10. The van der Waals surface area contributed by atoms with Crippen LogP contribution in [0.5, 0.6) is 0 Å². The van der Waals surface area contributed by atoms with Crippen molar-refractivity contribution in [2.45, 2.75) is 33.7 Å². The molecule has 0 atom stereocenters. The molecule has 0 bridgehead atoms. The number of anilines is 1. The average molecular weight is 239 g/mol. The first-order valence-corrected chi connectivity index (χ1v) is 6.58. The van der Waals surface area contributed by atoms with Crippen LogP contribution in [-0.2, 0) is 13.0 Å². The molecular weight excluding hydrogens is 218 g/mol. The first-order valence-electron chi connectivity index (χ1n) is 6.58. The van der Waals surface area contributed by atoms with Crippen molar-refractivity contribution in [2.24, 2.45) is 0 Å². The van der Waals surface area contributed by atoms with E-state index in [2.05, 4.69) is 68.6 Å². The van der Waals surface area contributed by atoms with E-state index in [1.165, 1.54) is 27.9 Å². The van der Waals surface area contributed by atoms with Gasteiger partial charge in [0.2, 0.25) is 0 Å². The van der Waals surface area contributed by atoms with Crippen molar-refractivity contribution in [1.29, 1.82) is 0 Å². The van der Waals surface area contributed by atoms with Crippen molar-refractivity contribution in [3.05, 3.63) is 64.7 Å². The van der Waals surface area contributed by atoms with Gasteiger partial charge in [0, 0.05) is 12.2 Å². The van der Waals surface area contributed by atoms with E-state index < -0.39 is 0 Å². The highest BCUT2D eigenvalue weighted by Gasteiger charge is 2.00. The normalized spacial score (nSPS) is 10.4. The minimum absolute atomic E-state index is 0.888. The number of rotatable bonds is 4. The van der Waals surface area contributed by atoms with Crippen molar-refractivity contribution < 1.29 is 0 Å². The number of nitrogens with one attached hydrogen (secondary N) is 1. The van der Waals surface area contributed by atoms with Crippen molar-refractivity contribution in [2.75, 3.05) is 5.32 Å². The average Bonchev–Trinajstić information content (AvgIpc) is 2.41. The van der Waals surface area contributed by atoms with Crippen LogP contribution in [0, 0.1) is 13.8 Å². The Balaban J connectivity index is 2.04. The molecule has 1 nitrogen and oxygen atoms in total. The smallest absolute Gasteiger partial charge is 0.0403 e. The van der Waals surface area contributed by atoms with Gasteiger partial charge in [0.05, 0.1) is 0 Å². The maximum absolute atomic E-state index is 3.48. The number of benzene rings is 2. The van der Waals surface area contributed by atoms with E-state index in [-0.39, 0.29) is 0 Å². The van der Waals surface area contributed by atoms with E-state index in [0.717, 1.165) is 13.0 Å². The molecule has 0 aromatic heterocycles. The predicted octanol–water partition coefficient (Wildman–Crippen LogP) is 4.48. The maximum Gasteiger partial charge on any atom is 0.0403 e. The van der Waals surface area contributed by atoms with Crippen LogP contribution < -0.4 is 5.32 Å². The molecule has 1 N–H and O–H groups in total. The van der Waals surface area contributed by atoms with E-state index in [4.69, 9.17) is 0 Å². The minimum atomic E-state index is 0.888. The molecule has 18 heavy (non-hydrogen) atoms. The molecule has 0 fully saturated rings. The van der Waals surface area contributed by atoms with Gasteiger partial charge < -0.3 is 5.32 Å². The molecule has 0 aliphatic rings. The Morgan fingerprint density at radius 2 is 1.67 bits per heavy atom. The summed E-state index contributed by atoms with van der Waals surface area (Å²) in [6, 6.07) is 15.2. The van der Waals surface area contributed by atoms with E-state index >= 15 is 0 Å². The van der Waals surface area contributed by atoms with Crippen molar-refractivity contribution in [3.8, 4) is 0 Å². The van der Waals surface area contributed by atoms with Gasteiger partial charge in [-0.25, -0.2) is 0 Å². The van der Waals surface area contributed by atoms with Crippen LogP contribution in [0.15, 0.2) is 42.5 Å². The lowest BCUT2D eigenvalue weighted by Gasteiger charge is -2.11. The summed E-state index contributed by atoms with van der Waals surface area (Å²) in [6.07, 6.45) is 1.09. The van der Waals surface area contributed by atoms with Crippen molar-refractivity contribution in [3.63, 3.8) is 0 Å². The van der Waals surface area contributed by atoms with E-state index in [0.29, 0.717) is 0 Å². The summed E-state index contributed by atoms with van der Waals surface area (Å²) in [5, 5.41) is 3.48. The van der Waals surface area contributed by atoms with Crippen LogP contribution in [0.1, 0.15) is 29.2 Å². The van der Waals surface area contributed by atoms with Gasteiger partial charge in [-0.2, -0.15) is 0 Å². The van der Waals surface area contributed by atoms with Gasteiger partial charge in [-0.1, -0.05) is 37.3 Å². The zero-order valence-corrected chi connectivity index (χ0v) is 11.5. The van der Waals surface area contributed by atoms with Crippen molar-refractivity contribution >= 4 is 5.69 Å². The highest BCUT2D eigenvalue weighted by molar-refractivity contribution is 5.46. The molecule has 2 aromatic carbocycles. The quantitative estimate of drug-likeness (QED) is 0.829. The topological polar surface area (TPSA) is 12.0 Å². The summed E-state index contributed by atoms with van der Waals surface area (Å²) in [5.41, 5.74) is 6.68. The number of aryl methyl sites for hydroxylation is 2. The van der Waals surface area contributed by atoms with Gasteiger partial charge >= 0.3 is 0 Å². The summed E-state index contributed by atoms with van der Waals surface area (Å²) < 4.78 is 0. The van der Waals surface area contributed by atoms with E-state index in [1.54, 1.807) is 0 Å². The predicted molar refractivity (Wildman–Crippen MR) is 79.1 cm³/mol. The SMILES string of the molecule is CCc1ccc(NCc2cccc(C)c2C)cc1. The second kappa shape index (κ2) is 5.72. The molecule has 2 rings (SSSR count). The minimum Gasteiger partial charge on any atom is -0.381 e. The zero-order chi connectivity index (χ0) is 13.0. The molecule has 1 heteroatoms. The Hall–Kier alpha value is -1.76. The maximum atomic E-state index is 3.48. The van der Waals surface area contributed by atoms with Gasteiger partial charge in [0.1, 0.15) is 0 Å². The Labute approximate surface area is 110 Å². The highest BCUT2D eigenvalue weighted by atomic mass is 14.9. The second-order valence-electron chi connectivity index (χ2n) is 4.76. The van der Waals surface area contributed by atoms with Crippen LogP contribution >= 0.6 is 0 Å². The molecular formula is C17H21N. The van der Waals surface area contributed by atoms with Crippen LogP contribution in [0.3, 0.4) is 0 Å². The van der Waals surface area contributed by atoms with Gasteiger partial charge in [0.15, 0.2) is 0 Å². The third-order valence-electron chi connectivity index (χ3n) is 3.56. The molecule has 0 unspecified atom stereocenters. The molecule has 94 valence electrons. The van der Waals surface area contributed by atoms with E-state index in [9.17, 15) is 0 Å². The molecule has 0 saturated carbocycles. The largest absolute Gasteiger partial charge is 0.381 e. The standard InChI is InChI=1S/C17H21N/c1-4-15-8-10-17(11-9-15)18-12-16-7-5-6-13(2)14(16)3/h5-11,18H,4,12H2,1-3H3. The van der Waals surface area contributed by atoms with Crippen LogP contribution in [0.25, 0.3) is 0 Å². The monoisotopic (exact) mass is 239 g/mol. The summed E-state index contributed by atoms with van der Waals surface area (Å²) in [6.45, 7) is 7.42. The fourth-order valence-corrected chi connectivity index (χ4v) is 2.06. The third kappa shape index (κ3) is 2.92. The summed E-state index contributed by atoms with van der Waals surface area (Å²) in [4.78, 5) is 0. The van der Waals surface area contributed by atoms with E-state index in [1.807, 2.05) is 0 Å². The summed E-state index contributed by atoms with van der Waals surface area (Å²) in [7, 11) is 0. The molecule has 2 aromatic rings. The Bertz CT molecular complexity index is 512. The fraction of sp³-hybridized carbons (Fsp3) is 0.294. The molecule has 0 spiro atoms. The van der Waals surface area contributed by atoms with Gasteiger partial charge in [0.25, 0.3) is 0 Å². The summed E-state index contributed by atoms with van der Waals surface area (Å²) in [5.74, 6) is 0. The van der Waals surface area contributed by atoms with Gasteiger partial charge in [-0.05, 0) is 54.7 Å². The lowest BCUT2D eigenvalue weighted by atomic mass is 10.0. The molecule has 0 heterocycles. The van der Waals surface area contributed by atoms with Crippen LogP contribution in [0.4, 0.5) is 5.69 Å². The first kappa shape index (κ1) is 12.7. The molecule has 0 aliphatic carbocycles. The Morgan fingerprint density at radius 3 is 2.33 bits per heavy atom. The Kier molecular flexibility index (Phi) is 4.03. The first-order chi connectivity index (χ1) is 8.70. The zero-order valence-electron chi connectivity index (χ0n) is 11.5.